The molecule has 2 unspecified atom stereocenters. The van der Waals surface area contributed by atoms with Gasteiger partial charge < -0.3 is 0 Å². The summed E-state index contributed by atoms with van der Waals surface area (Å²) in [6.07, 6.45) is 1.74. The minimum Gasteiger partial charge on any atom is -0.127 e. The Balaban J connectivity index is 3.31. The van der Waals surface area contributed by atoms with Crippen molar-refractivity contribution in [1.29, 1.82) is 0 Å². The fraction of sp³-hybridized carbons (Fsp3) is 1.00. The molecule has 0 radical (unpaired) electrons. The van der Waals surface area contributed by atoms with Gasteiger partial charge in [-0.1, -0.05) is 0 Å². The summed E-state index contributed by atoms with van der Waals surface area (Å²) in [6.45, 7) is 0. The molecule has 0 amide bonds. The van der Waals surface area contributed by atoms with Crippen LogP contribution in [0.3, 0.4) is 0 Å². The first-order valence-corrected chi connectivity index (χ1v) is 5.06. The maximum absolute atomic E-state index is 5.84. The Labute approximate surface area is 81.8 Å². The highest BCUT2D eigenvalue weighted by atomic mass is 35.5. The summed E-state index contributed by atoms with van der Waals surface area (Å²) in [4.78, 5) is 0. The second kappa shape index (κ2) is 6.84. The predicted molar refractivity (Wildman–Crippen MR) is 50.0 cm³/mol. The molecule has 0 fully saturated rings. The van der Waals surface area contributed by atoms with Crippen LogP contribution in [0, 0.1) is 0 Å². The summed E-state index contributed by atoms with van der Waals surface area (Å²) < 4.78 is 0. The van der Waals surface area contributed by atoms with E-state index in [-0.39, 0.29) is 10.8 Å². The van der Waals surface area contributed by atoms with E-state index in [2.05, 4.69) is 0 Å². The van der Waals surface area contributed by atoms with E-state index >= 15 is 0 Å². The van der Waals surface area contributed by atoms with Crippen molar-refractivity contribution in [3.63, 3.8) is 0 Å². The van der Waals surface area contributed by atoms with Gasteiger partial charge in [-0.2, -0.15) is 0 Å². The molecule has 0 aliphatic carbocycles. The Morgan fingerprint density at radius 3 is 2.00 bits per heavy atom. The van der Waals surface area contributed by atoms with E-state index in [0.717, 1.165) is 12.8 Å². The third-order valence-electron chi connectivity index (χ3n) is 1.15. The second-order valence-corrected chi connectivity index (χ2v) is 3.83. The maximum Gasteiger partial charge on any atom is 0.0634 e. The molecule has 0 rings (SSSR count). The quantitative estimate of drug-likeness (QED) is 0.627. The molecule has 62 valence electrons. The third-order valence-corrected chi connectivity index (χ3v) is 3.02. The lowest BCUT2D eigenvalue weighted by atomic mass is 10.2. The minimum atomic E-state index is -0.133. The van der Waals surface area contributed by atoms with Gasteiger partial charge in [-0.15, -0.1) is 46.4 Å². The molecular weight excluding hydrogens is 214 g/mol. The average Bonchev–Trinajstić information content (AvgIpc) is 1.98. The lowest BCUT2D eigenvalue weighted by Crippen LogP contribution is -2.16. The number of rotatable bonds is 5. The first-order chi connectivity index (χ1) is 4.72. The van der Waals surface area contributed by atoms with Crippen molar-refractivity contribution >= 4 is 46.4 Å². The predicted octanol–water partition coefficient (Wildman–Crippen LogP) is 3.46. The molecule has 0 N–H and O–H groups in total. The first-order valence-electron chi connectivity index (χ1n) is 3.12. The molecule has 0 nitrogen and oxygen atoms in total. The van der Waals surface area contributed by atoms with E-state index in [4.69, 9.17) is 46.4 Å². The monoisotopic (exact) mass is 222 g/mol. The van der Waals surface area contributed by atoms with Crippen LogP contribution in [0.4, 0.5) is 0 Å². The van der Waals surface area contributed by atoms with Gasteiger partial charge in [0.2, 0.25) is 0 Å². The second-order valence-electron chi connectivity index (χ2n) is 2.02. The molecule has 2 atom stereocenters. The van der Waals surface area contributed by atoms with Gasteiger partial charge >= 0.3 is 0 Å². The fourth-order valence-electron chi connectivity index (χ4n) is 0.550. The van der Waals surface area contributed by atoms with Crippen molar-refractivity contribution < 1.29 is 0 Å². The molecule has 0 spiro atoms. The van der Waals surface area contributed by atoms with Gasteiger partial charge in [0.1, 0.15) is 0 Å². The van der Waals surface area contributed by atoms with Crippen LogP contribution in [0.5, 0.6) is 0 Å². The van der Waals surface area contributed by atoms with Crippen molar-refractivity contribution in [2.24, 2.45) is 0 Å². The SMILES string of the molecule is ClCCCC(Cl)C(Cl)CCl. The molecule has 0 aromatic heterocycles. The number of hydrogen-bond acceptors (Lipinski definition) is 0. The minimum absolute atomic E-state index is 0.0436. The van der Waals surface area contributed by atoms with Crippen LogP contribution in [0.1, 0.15) is 12.8 Å². The largest absolute Gasteiger partial charge is 0.127 e. The van der Waals surface area contributed by atoms with E-state index in [9.17, 15) is 0 Å². The van der Waals surface area contributed by atoms with Crippen LogP contribution < -0.4 is 0 Å². The van der Waals surface area contributed by atoms with Crippen LogP contribution in [0.15, 0.2) is 0 Å². The summed E-state index contributed by atoms with van der Waals surface area (Å²) in [5.41, 5.74) is 0. The highest BCUT2D eigenvalue weighted by Crippen LogP contribution is 2.16. The fourth-order valence-corrected chi connectivity index (χ4v) is 1.38. The Bertz CT molecular complexity index is 76.1. The Hall–Kier alpha value is 1.16. The van der Waals surface area contributed by atoms with Gasteiger partial charge in [0, 0.05) is 11.8 Å². The zero-order chi connectivity index (χ0) is 7.98. The van der Waals surface area contributed by atoms with Gasteiger partial charge in [0.15, 0.2) is 0 Å². The molecule has 0 bridgehead atoms. The van der Waals surface area contributed by atoms with E-state index in [1.807, 2.05) is 0 Å². The summed E-state index contributed by atoms with van der Waals surface area (Å²) in [5.74, 6) is 1.03. The van der Waals surface area contributed by atoms with Gasteiger partial charge in [-0.25, -0.2) is 0 Å². The summed E-state index contributed by atoms with van der Waals surface area (Å²) in [5, 5.41) is -0.176. The zero-order valence-electron chi connectivity index (χ0n) is 5.49. The smallest absolute Gasteiger partial charge is 0.0634 e. The lowest BCUT2D eigenvalue weighted by Gasteiger charge is -2.11. The van der Waals surface area contributed by atoms with Crippen molar-refractivity contribution in [3.05, 3.63) is 0 Å². The number of halogens is 4. The Morgan fingerprint density at radius 2 is 1.60 bits per heavy atom. The van der Waals surface area contributed by atoms with Gasteiger partial charge in [0.25, 0.3) is 0 Å². The molecule has 10 heavy (non-hydrogen) atoms. The van der Waals surface area contributed by atoms with Crippen LogP contribution in [-0.4, -0.2) is 22.5 Å². The van der Waals surface area contributed by atoms with E-state index in [0.29, 0.717) is 11.8 Å². The standard InChI is InChI=1S/C6H10Cl4/c7-3-1-2-5(9)6(10)4-8/h5-6H,1-4H2. The van der Waals surface area contributed by atoms with Crippen LogP contribution in [0.25, 0.3) is 0 Å². The topological polar surface area (TPSA) is 0 Å². The maximum atomic E-state index is 5.84. The number of hydrogen-bond donors (Lipinski definition) is 0. The molecule has 0 saturated heterocycles. The number of alkyl halides is 4. The molecular formula is C6H10Cl4. The molecule has 0 aromatic rings. The normalized spacial score (nSPS) is 16.8. The molecule has 0 heterocycles. The van der Waals surface area contributed by atoms with E-state index < -0.39 is 0 Å². The Morgan fingerprint density at radius 1 is 1.00 bits per heavy atom. The molecule has 4 heteroatoms. The van der Waals surface area contributed by atoms with Gasteiger partial charge in [0.05, 0.1) is 10.8 Å². The van der Waals surface area contributed by atoms with Crippen molar-refractivity contribution in [1.82, 2.24) is 0 Å². The van der Waals surface area contributed by atoms with Crippen LogP contribution in [0.2, 0.25) is 0 Å². The lowest BCUT2D eigenvalue weighted by molar-refractivity contribution is 0.722. The average molecular weight is 224 g/mol. The van der Waals surface area contributed by atoms with Gasteiger partial charge in [-0.3, -0.25) is 0 Å². The molecule has 0 saturated carbocycles. The zero-order valence-corrected chi connectivity index (χ0v) is 8.52. The van der Waals surface area contributed by atoms with E-state index in [1.165, 1.54) is 0 Å². The van der Waals surface area contributed by atoms with Crippen molar-refractivity contribution in [2.75, 3.05) is 11.8 Å². The summed E-state index contributed by atoms with van der Waals surface area (Å²) in [7, 11) is 0. The Kier molecular flexibility index (Phi) is 7.64. The first kappa shape index (κ1) is 11.2. The van der Waals surface area contributed by atoms with E-state index in [1.54, 1.807) is 0 Å². The van der Waals surface area contributed by atoms with Crippen LogP contribution in [-0.2, 0) is 0 Å². The highest BCUT2D eigenvalue weighted by Gasteiger charge is 2.14. The molecule has 0 aliphatic rings. The summed E-state index contributed by atoms with van der Waals surface area (Å²) in [6, 6.07) is 0. The van der Waals surface area contributed by atoms with Crippen molar-refractivity contribution in [2.45, 2.75) is 23.6 Å². The molecule has 0 aromatic carbocycles. The summed E-state index contributed by atoms with van der Waals surface area (Å²) >= 11 is 22.5. The van der Waals surface area contributed by atoms with Crippen molar-refractivity contribution in [3.8, 4) is 0 Å². The van der Waals surface area contributed by atoms with Gasteiger partial charge in [-0.05, 0) is 12.8 Å². The van der Waals surface area contributed by atoms with Crippen LogP contribution >= 0.6 is 46.4 Å². The molecule has 0 aliphatic heterocycles. The highest BCUT2D eigenvalue weighted by molar-refractivity contribution is 6.33. The third kappa shape index (κ3) is 4.90.